The molecule has 108 valence electrons. The Bertz CT molecular complexity index is 414. The maximum Gasteiger partial charge on any atom is 0.405 e. The van der Waals surface area contributed by atoms with Gasteiger partial charge in [0.1, 0.15) is 6.54 Å². The average Bonchev–Trinajstić information content (AvgIpc) is 2.23. The minimum atomic E-state index is -4.19. The first-order chi connectivity index (χ1) is 8.69. The van der Waals surface area contributed by atoms with E-state index in [1.807, 2.05) is 32.9 Å². The average molecular weight is 274 g/mol. The van der Waals surface area contributed by atoms with Crippen molar-refractivity contribution in [2.24, 2.45) is 0 Å². The van der Waals surface area contributed by atoms with E-state index in [1.54, 1.807) is 6.07 Å². The largest absolute Gasteiger partial charge is 0.405 e. The van der Waals surface area contributed by atoms with Crippen LogP contribution in [0.2, 0.25) is 0 Å². The summed E-state index contributed by atoms with van der Waals surface area (Å²) in [4.78, 5) is 1.25. The zero-order valence-corrected chi connectivity index (χ0v) is 11.8. The number of hydrogen-bond acceptors (Lipinski definition) is 2. The highest BCUT2D eigenvalue weighted by Crippen LogP contribution is 2.25. The summed E-state index contributed by atoms with van der Waals surface area (Å²) in [6.45, 7) is 5.58. The van der Waals surface area contributed by atoms with Crippen LogP contribution < -0.4 is 10.2 Å². The van der Waals surface area contributed by atoms with Crippen LogP contribution in [0.25, 0.3) is 0 Å². The number of benzene rings is 1. The van der Waals surface area contributed by atoms with Gasteiger partial charge in [0.05, 0.1) is 0 Å². The number of alkyl halides is 3. The molecule has 5 heteroatoms. The van der Waals surface area contributed by atoms with E-state index in [4.69, 9.17) is 0 Å². The quantitative estimate of drug-likeness (QED) is 0.884. The zero-order valence-electron chi connectivity index (χ0n) is 11.8. The molecule has 1 aromatic rings. The van der Waals surface area contributed by atoms with Gasteiger partial charge in [0, 0.05) is 25.3 Å². The van der Waals surface area contributed by atoms with Crippen LogP contribution in [0.15, 0.2) is 18.2 Å². The highest BCUT2D eigenvalue weighted by atomic mass is 19.4. The summed E-state index contributed by atoms with van der Waals surface area (Å²) in [6, 6.07) is 5.80. The van der Waals surface area contributed by atoms with Crippen LogP contribution in [0.4, 0.5) is 18.9 Å². The van der Waals surface area contributed by atoms with Crippen molar-refractivity contribution in [2.45, 2.75) is 39.5 Å². The molecule has 0 spiro atoms. The number of halogens is 3. The molecule has 0 radical (unpaired) electrons. The van der Waals surface area contributed by atoms with Crippen molar-refractivity contribution in [2.75, 3.05) is 18.5 Å². The molecule has 1 aromatic carbocycles. The molecule has 0 aliphatic rings. The smallest absolute Gasteiger partial charge is 0.365 e. The van der Waals surface area contributed by atoms with Crippen molar-refractivity contribution in [1.29, 1.82) is 0 Å². The first-order valence-corrected chi connectivity index (χ1v) is 6.30. The van der Waals surface area contributed by atoms with Gasteiger partial charge >= 0.3 is 6.18 Å². The SMILES string of the molecule is Cc1ccc(N(C)CC(F)(F)F)c(CNC(C)C)c1. The summed E-state index contributed by atoms with van der Waals surface area (Å²) in [5.41, 5.74) is 2.56. The van der Waals surface area contributed by atoms with Crippen LogP contribution in [0.5, 0.6) is 0 Å². The summed E-state index contributed by atoms with van der Waals surface area (Å²) in [5.74, 6) is 0. The molecule has 0 bridgehead atoms. The Morgan fingerprint density at radius 3 is 2.42 bits per heavy atom. The summed E-state index contributed by atoms with van der Waals surface area (Å²) >= 11 is 0. The fourth-order valence-electron chi connectivity index (χ4n) is 1.90. The molecule has 0 aromatic heterocycles. The van der Waals surface area contributed by atoms with Gasteiger partial charge < -0.3 is 10.2 Å². The minimum absolute atomic E-state index is 0.293. The molecule has 0 aliphatic carbocycles. The molecule has 1 rings (SSSR count). The van der Waals surface area contributed by atoms with Crippen molar-refractivity contribution in [3.05, 3.63) is 29.3 Å². The molecular formula is C14H21F3N2. The predicted octanol–water partition coefficient (Wildman–Crippen LogP) is 3.49. The van der Waals surface area contributed by atoms with E-state index in [0.717, 1.165) is 11.1 Å². The number of nitrogens with one attached hydrogen (secondary N) is 1. The van der Waals surface area contributed by atoms with E-state index < -0.39 is 12.7 Å². The molecule has 19 heavy (non-hydrogen) atoms. The second-order valence-electron chi connectivity index (χ2n) is 5.14. The van der Waals surface area contributed by atoms with Crippen LogP contribution >= 0.6 is 0 Å². The van der Waals surface area contributed by atoms with Crippen molar-refractivity contribution in [1.82, 2.24) is 5.32 Å². The van der Waals surface area contributed by atoms with Gasteiger partial charge in [0.2, 0.25) is 0 Å². The molecule has 0 unspecified atom stereocenters. The molecule has 0 aliphatic heterocycles. The summed E-state index contributed by atoms with van der Waals surface area (Å²) in [5, 5.41) is 3.24. The molecule has 0 saturated carbocycles. The van der Waals surface area contributed by atoms with E-state index >= 15 is 0 Å². The van der Waals surface area contributed by atoms with Gasteiger partial charge in [-0.05, 0) is 18.6 Å². The van der Waals surface area contributed by atoms with Gasteiger partial charge in [0.15, 0.2) is 0 Å². The summed E-state index contributed by atoms with van der Waals surface area (Å²) in [6.07, 6.45) is -4.19. The van der Waals surface area contributed by atoms with Gasteiger partial charge in [-0.3, -0.25) is 0 Å². The Hall–Kier alpha value is -1.23. The van der Waals surface area contributed by atoms with Crippen LogP contribution in [0.3, 0.4) is 0 Å². The second-order valence-corrected chi connectivity index (χ2v) is 5.14. The maximum absolute atomic E-state index is 12.5. The number of rotatable bonds is 5. The van der Waals surface area contributed by atoms with E-state index in [-0.39, 0.29) is 0 Å². The van der Waals surface area contributed by atoms with E-state index in [1.165, 1.54) is 11.9 Å². The lowest BCUT2D eigenvalue weighted by atomic mass is 10.1. The molecule has 0 heterocycles. The Morgan fingerprint density at radius 2 is 1.89 bits per heavy atom. The van der Waals surface area contributed by atoms with Crippen LogP contribution in [0.1, 0.15) is 25.0 Å². The number of anilines is 1. The standard InChI is InChI=1S/C14H21F3N2/c1-10(2)18-8-12-7-11(3)5-6-13(12)19(4)9-14(15,16)17/h5-7,10,18H,8-9H2,1-4H3. The van der Waals surface area contributed by atoms with E-state index in [9.17, 15) is 13.2 Å². The lowest BCUT2D eigenvalue weighted by molar-refractivity contribution is -0.119. The van der Waals surface area contributed by atoms with Crippen molar-refractivity contribution in [3.8, 4) is 0 Å². The molecule has 0 amide bonds. The third kappa shape index (κ3) is 5.51. The normalized spacial score (nSPS) is 12.0. The predicted molar refractivity (Wildman–Crippen MR) is 72.5 cm³/mol. The van der Waals surface area contributed by atoms with E-state index in [2.05, 4.69) is 5.32 Å². The Morgan fingerprint density at radius 1 is 1.26 bits per heavy atom. The van der Waals surface area contributed by atoms with Crippen LogP contribution in [-0.2, 0) is 6.54 Å². The van der Waals surface area contributed by atoms with E-state index in [0.29, 0.717) is 18.3 Å². The fraction of sp³-hybridized carbons (Fsp3) is 0.571. The molecular weight excluding hydrogens is 253 g/mol. The number of aryl methyl sites for hydroxylation is 1. The third-order valence-electron chi connectivity index (χ3n) is 2.76. The number of nitrogens with zero attached hydrogens (tertiary/aromatic N) is 1. The first kappa shape index (κ1) is 15.8. The van der Waals surface area contributed by atoms with Gasteiger partial charge in [-0.15, -0.1) is 0 Å². The molecule has 1 N–H and O–H groups in total. The van der Waals surface area contributed by atoms with Crippen LogP contribution in [-0.4, -0.2) is 25.8 Å². The highest BCUT2D eigenvalue weighted by Gasteiger charge is 2.30. The molecule has 0 fully saturated rings. The summed E-state index contributed by atoms with van der Waals surface area (Å²) in [7, 11) is 1.47. The fourth-order valence-corrected chi connectivity index (χ4v) is 1.90. The van der Waals surface area contributed by atoms with Crippen molar-refractivity contribution < 1.29 is 13.2 Å². The topological polar surface area (TPSA) is 15.3 Å². The van der Waals surface area contributed by atoms with Gasteiger partial charge in [-0.2, -0.15) is 13.2 Å². The zero-order chi connectivity index (χ0) is 14.6. The highest BCUT2D eigenvalue weighted by molar-refractivity contribution is 5.54. The van der Waals surface area contributed by atoms with Gasteiger partial charge in [-0.1, -0.05) is 31.5 Å². The number of hydrogen-bond donors (Lipinski definition) is 1. The monoisotopic (exact) mass is 274 g/mol. The summed E-state index contributed by atoms with van der Waals surface area (Å²) < 4.78 is 37.4. The Balaban J connectivity index is 2.92. The molecule has 0 saturated heterocycles. The van der Waals surface area contributed by atoms with Crippen molar-refractivity contribution in [3.63, 3.8) is 0 Å². The van der Waals surface area contributed by atoms with Gasteiger partial charge in [-0.25, -0.2) is 0 Å². The minimum Gasteiger partial charge on any atom is -0.365 e. The Kier molecular flexibility index (Phi) is 5.23. The molecule has 2 nitrogen and oxygen atoms in total. The lowest BCUT2D eigenvalue weighted by Gasteiger charge is -2.24. The lowest BCUT2D eigenvalue weighted by Crippen LogP contribution is -2.32. The maximum atomic E-state index is 12.5. The van der Waals surface area contributed by atoms with Gasteiger partial charge in [0.25, 0.3) is 0 Å². The molecule has 0 atom stereocenters. The van der Waals surface area contributed by atoms with Crippen LogP contribution in [0, 0.1) is 6.92 Å². The first-order valence-electron chi connectivity index (χ1n) is 6.30. The second kappa shape index (κ2) is 6.28. The van der Waals surface area contributed by atoms with Crippen molar-refractivity contribution >= 4 is 5.69 Å². The third-order valence-corrected chi connectivity index (χ3v) is 2.76. The Labute approximate surface area is 112 Å².